The average Bonchev–Trinajstić information content (AvgIpc) is 3.10. The van der Waals surface area contributed by atoms with Gasteiger partial charge in [-0.1, -0.05) is 24.0 Å². The molecule has 0 radical (unpaired) electrons. The molecule has 0 unspecified atom stereocenters. The highest BCUT2D eigenvalue weighted by Crippen LogP contribution is 2.22. The average molecular weight is 317 g/mol. The molecule has 2 aromatic carbocycles. The van der Waals surface area contributed by atoms with Gasteiger partial charge in [-0.3, -0.25) is 4.79 Å². The van der Waals surface area contributed by atoms with Crippen molar-refractivity contribution in [1.29, 1.82) is 0 Å². The van der Waals surface area contributed by atoms with Crippen LogP contribution in [0.3, 0.4) is 0 Å². The molecule has 0 bridgehead atoms. The van der Waals surface area contributed by atoms with Gasteiger partial charge in [0, 0.05) is 22.3 Å². The summed E-state index contributed by atoms with van der Waals surface area (Å²) in [6.07, 6.45) is 0. The number of furan rings is 1. The van der Waals surface area contributed by atoms with Crippen LogP contribution in [0.2, 0.25) is 0 Å². The second-order valence-corrected chi connectivity index (χ2v) is 5.19. The zero-order chi connectivity index (χ0) is 16.9. The molecular weight excluding hydrogens is 302 g/mol. The Morgan fingerprint density at radius 1 is 0.917 bits per heavy atom. The fourth-order valence-corrected chi connectivity index (χ4v) is 2.20. The van der Waals surface area contributed by atoms with Crippen LogP contribution in [0.25, 0.3) is 11.3 Å². The number of aliphatic hydroxyl groups is 1. The van der Waals surface area contributed by atoms with Crippen molar-refractivity contribution in [2.75, 3.05) is 0 Å². The van der Waals surface area contributed by atoms with Crippen LogP contribution in [0.5, 0.6) is 0 Å². The molecule has 0 aliphatic rings. The summed E-state index contributed by atoms with van der Waals surface area (Å²) < 4.78 is 5.49. The van der Waals surface area contributed by atoms with Crippen molar-refractivity contribution in [2.45, 2.75) is 6.61 Å². The Hall–Kier alpha value is -3.29. The lowest BCUT2D eigenvalue weighted by molar-refractivity contribution is 0.100. The third kappa shape index (κ3) is 3.54. The zero-order valence-electron chi connectivity index (χ0n) is 12.8. The van der Waals surface area contributed by atoms with Gasteiger partial charge in [0.15, 0.2) is 0 Å². The van der Waals surface area contributed by atoms with Gasteiger partial charge in [-0.2, -0.15) is 0 Å². The molecular formula is C20H15NO3. The molecule has 118 valence electrons. The van der Waals surface area contributed by atoms with Gasteiger partial charge in [0.25, 0.3) is 0 Å². The number of amides is 1. The summed E-state index contributed by atoms with van der Waals surface area (Å²) >= 11 is 0. The summed E-state index contributed by atoms with van der Waals surface area (Å²) in [5.74, 6) is 6.90. The monoisotopic (exact) mass is 317 g/mol. The highest BCUT2D eigenvalue weighted by Gasteiger charge is 2.03. The first-order chi connectivity index (χ1) is 11.7. The Kier molecular flexibility index (Phi) is 4.46. The van der Waals surface area contributed by atoms with Crippen molar-refractivity contribution < 1.29 is 14.3 Å². The first kappa shape index (κ1) is 15.6. The molecule has 0 saturated heterocycles. The number of hydrogen-bond donors (Lipinski definition) is 2. The van der Waals surface area contributed by atoms with Crippen molar-refractivity contribution in [3.8, 4) is 23.2 Å². The van der Waals surface area contributed by atoms with Gasteiger partial charge in [-0.15, -0.1) is 0 Å². The predicted molar refractivity (Wildman–Crippen MR) is 91.0 cm³/mol. The van der Waals surface area contributed by atoms with E-state index in [-0.39, 0.29) is 6.61 Å². The summed E-state index contributed by atoms with van der Waals surface area (Å²) in [5, 5.41) is 9.03. The van der Waals surface area contributed by atoms with E-state index in [1.807, 2.05) is 30.3 Å². The molecule has 0 fully saturated rings. The van der Waals surface area contributed by atoms with Gasteiger partial charge in [0.2, 0.25) is 5.91 Å². The van der Waals surface area contributed by atoms with Gasteiger partial charge in [-0.25, -0.2) is 0 Å². The lowest BCUT2D eigenvalue weighted by Gasteiger charge is -1.98. The Morgan fingerprint density at radius 3 is 2.00 bits per heavy atom. The van der Waals surface area contributed by atoms with Crippen LogP contribution in [-0.4, -0.2) is 11.0 Å². The standard InChI is InChI=1S/C20H15NO3/c21-20(23)17-9-5-15(6-10-17)2-1-14-3-7-16(8-4-14)19-12-11-18(13-22)24-19/h3-12,22H,13H2,(H2,21,23). The number of nitrogens with two attached hydrogens (primary N) is 1. The van der Waals surface area contributed by atoms with Crippen LogP contribution in [0.1, 0.15) is 27.2 Å². The first-order valence-corrected chi connectivity index (χ1v) is 7.37. The highest BCUT2D eigenvalue weighted by atomic mass is 16.4. The smallest absolute Gasteiger partial charge is 0.248 e. The lowest BCUT2D eigenvalue weighted by atomic mass is 10.1. The number of rotatable bonds is 3. The number of carbonyl (C=O) groups is 1. The molecule has 0 saturated carbocycles. The minimum Gasteiger partial charge on any atom is -0.459 e. The zero-order valence-corrected chi connectivity index (χ0v) is 12.8. The minimum absolute atomic E-state index is 0.113. The lowest BCUT2D eigenvalue weighted by Crippen LogP contribution is -2.10. The molecule has 1 amide bonds. The number of benzene rings is 2. The van der Waals surface area contributed by atoms with E-state index in [1.54, 1.807) is 30.3 Å². The SMILES string of the molecule is NC(=O)c1ccc(C#Cc2ccc(-c3ccc(CO)o3)cc2)cc1. The minimum atomic E-state index is -0.452. The fraction of sp³-hybridized carbons (Fsp3) is 0.0500. The summed E-state index contributed by atoms with van der Waals surface area (Å²) in [6, 6.07) is 18.1. The molecule has 0 aliphatic carbocycles. The van der Waals surface area contributed by atoms with Crippen LogP contribution < -0.4 is 5.73 Å². The molecule has 24 heavy (non-hydrogen) atoms. The summed E-state index contributed by atoms with van der Waals surface area (Å²) in [6.45, 7) is -0.113. The van der Waals surface area contributed by atoms with Crippen LogP contribution in [-0.2, 0) is 6.61 Å². The number of hydrogen-bond acceptors (Lipinski definition) is 3. The van der Waals surface area contributed by atoms with E-state index in [0.717, 1.165) is 16.7 Å². The van der Waals surface area contributed by atoms with E-state index < -0.39 is 5.91 Å². The summed E-state index contributed by atoms with van der Waals surface area (Å²) in [4.78, 5) is 11.0. The quantitative estimate of drug-likeness (QED) is 0.729. The van der Waals surface area contributed by atoms with Gasteiger partial charge in [0.1, 0.15) is 18.1 Å². The van der Waals surface area contributed by atoms with E-state index in [9.17, 15) is 4.79 Å². The summed E-state index contributed by atoms with van der Waals surface area (Å²) in [7, 11) is 0. The van der Waals surface area contributed by atoms with Crippen LogP contribution >= 0.6 is 0 Å². The van der Waals surface area contributed by atoms with Crippen molar-refractivity contribution in [1.82, 2.24) is 0 Å². The number of aliphatic hydroxyl groups excluding tert-OH is 1. The maximum atomic E-state index is 11.0. The molecule has 0 atom stereocenters. The van der Waals surface area contributed by atoms with Crippen LogP contribution in [0.4, 0.5) is 0 Å². The molecule has 4 nitrogen and oxygen atoms in total. The van der Waals surface area contributed by atoms with Gasteiger partial charge in [-0.05, 0) is 48.5 Å². The first-order valence-electron chi connectivity index (χ1n) is 7.37. The van der Waals surface area contributed by atoms with Gasteiger partial charge >= 0.3 is 0 Å². The normalized spacial score (nSPS) is 10.0. The second kappa shape index (κ2) is 6.86. The Bertz CT molecular complexity index is 910. The number of primary amides is 1. The molecule has 0 spiro atoms. The highest BCUT2D eigenvalue weighted by molar-refractivity contribution is 5.92. The van der Waals surface area contributed by atoms with Crippen LogP contribution in [0.15, 0.2) is 65.1 Å². The van der Waals surface area contributed by atoms with Crippen molar-refractivity contribution in [3.63, 3.8) is 0 Å². The van der Waals surface area contributed by atoms with Crippen molar-refractivity contribution >= 4 is 5.91 Å². The van der Waals surface area contributed by atoms with Crippen molar-refractivity contribution in [2.24, 2.45) is 5.73 Å². The molecule has 3 rings (SSSR count). The van der Waals surface area contributed by atoms with E-state index in [2.05, 4.69) is 11.8 Å². The second-order valence-electron chi connectivity index (χ2n) is 5.19. The third-order valence-electron chi connectivity index (χ3n) is 3.51. The topological polar surface area (TPSA) is 76.5 Å². The van der Waals surface area contributed by atoms with E-state index in [4.69, 9.17) is 15.3 Å². The largest absolute Gasteiger partial charge is 0.459 e. The third-order valence-corrected chi connectivity index (χ3v) is 3.51. The summed E-state index contributed by atoms with van der Waals surface area (Å²) in [5.41, 5.74) is 8.27. The number of carbonyl (C=O) groups excluding carboxylic acids is 1. The predicted octanol–water partition coefficient (Wildman–Crippen LogP) is 2.94. The van der Waals surface area contributed by atoms with Crippen LogP contribution in [0, 0.1) is 11.8 Å². The van der Waals surface area contributed by atoms with E-state index >= 15 is 0 Å². The Morgan fingerprint density at radius 2 is 1.50 bits per heavy atom. The molecule has 3 aromatic rings. The molecule has 4 heteroatoms. The Labute approximate surface area is 139 Å². The molecule has 1 heterocycles. The molecule has 0 aliphatic heterocycles. The maximum Gasteiger partial charge on any atom is 0.248 e. The van der Waals surface area contributed by atoms with Gasteiger partial charge < -0.3 is 15.3 Å². The molecule has 3 N–H and O–H groups in total. The van der Waals surface area contributed by atoms with Gasteiger partial charge in [0.05, 0.1) is 0 Å². The molecule has 1 aromatic heterocycles. The fourth-order valence-electron chi connectivity index (χ4n) is 2.20. The Balaban J connectivity index is 1.76. The maximum absolute atomic E-state index is 11.0. The van der Waals surface area contributed by atoms with E-state index in [1.165, 1.54) is 0 Å². The van der Waals surface area contributed by atoms with E-state index in [0.29, 0.717) is 17.1 Å². The van der Waals surface area contributed by atoms with Crippen molar-refractivity contribution in [3.05, 3.63) is 83.1 Å².